The zero-order chi connectivity index (χ0) is 14.8. The van der Waals surface area contributed by atoms with Gasteiger partial charge in [0, 0.05) is 25.2 Å². The van der Waals surface area contributed by atoms with Gasteiger partial charge in [-0.2, -0.15) is 0 Å². The Kier molecular flexibility index (Phi) is 3.92. The van der Waals surface area contributed by atoms with Gasteiger partial charge in [-0.3, -0.25) is 4.79 Å². The van der Waals surface area contributed by atoms with E-state index in [0.29, 0.717) is 17.7 Å². The van der Waals surface area contributed by atoms with Crippen molar-refractivity contribution in [3.63, 3.8) is 0 Å². The minimum atomic E-state index is -0.516. The molecule has 7 nitrogen and oxygen atoms in total. The fraction of sp³-hybridized carbons (Fsp3) is 0.643. The highest BCUT2D eigenvalue weighted by Gasteiger charge is 2.32. The summed E-state index contributed by atoms with van der Waals surface area (Å²) < 4.78 is 0. The largest absolute Gasteiger partial charge is 0.358 e. The molecular formula is C14H20N4O3. The quantitative estimate of drug-likeness (QED) is 0.653. The second-order valence-electron chi connectivity index (χ2n) is 5.87. The number of nitrogens with zero attached hydrogens (tertiary/aromatic N) is 2. The fourth-order valence-electron chi connectivity index (χ4n) is 3.42. The second-order valence-corrected chi connectivity index (χ2v) is 5.87. The number of H-pyrrole nitrogens is 1. The molecule has 0 radical (unpaired) electrons. The third kappa shape index (κ3) is 2.92. The van der Waals surface area contributed by atoms with Gasteiger partial charge in [-0.25, -0.2) is 4.98 Å². The number of hydrogen-bond donors (Lipinski definition) is 2. The van der Waals surface area contributed by atoms with E-state index in [9.17, 15) is 14.9 Å². The number of nitrogens with one attached hydrogen (secondary N) is 2. The fourth-order valence-corrected chi connectivity index (χ4v) is 3.42. The summed E-state index contributed by atoms with van der Waals surface area (Å²) >= 11 is 0. The van der Waals surface area contributed by atoms with Gasteiger partial charge < -0.3 is 20.3 Å². The van der Waals surface area contributed by atoms with Crippen molar-refractivity contribution >= 4 is 11.7 Å². The van der Waals surface area contributed by atoms with E-state index in [0.717, 1.165) is 32.5 Å². The Morgan fingerprint density at radius 3 is 2.86 bits per heavy atom. The summed E-state index contributed by atoms with van der Waals surface area (Å²) in [5, 5.41) is 14.2. The predicted molar refractivity (Wildman–Crippen MR) is 77.1 cm³/mol. The van der Waals surface area contributed by atoms with E-state index in [1.54, 1.807) is 0 Å². The SMILES string of the molecule is O=C(c1ccc([N+](=O)[O-])[nH]1)N1CCCC(C2CCCN2)C1. The van der Waals surface area contributed by atoms with Gasteiger partial charge in [0.15, 0.2) is 5.69 Å². The van der Waals surface area contributed by atoms with Crippen LogP contribution < -0.4 is 5.32 Å². The molecule has 0 spiro atoms. The molecule has 2 aliphatic rings. The minimum absolute atomic E-state index is 0.134. The number of likely N-dealkylation sites (tertiary alicyclic amines) is 1. The standard InChI is InChI=1S/C14H20N4O3/c19-14(12-5-6-13(16-12)18(20)21)17-8-2-3-10(9-17)11-4-1-7-15-11/h5-6,10-11,15-16H,1-4,7-9H2. The highest BCUT2D eigenvalue weighted by atomic mass is 16.6. The van der Waals surface area contributed by atoms with Crippen LogP contribution >= 0.6 is 0 Å². The van der Waals surface area contributed by atoms with Crippen LogP contribution in [0.1, 0.15) is 36.2 Å². The van der Waals surface area contributed by atoms with Gasteiger partial charge in [0.05, 0.1) is 0 Å². The molecule has 2 saturated heterocycles. The van der Waals surface area contributed by atoms with E-state index in [1.807, 2.05) is 4.90 Å². The lowest BCUT2D eigenvalue weighted by Crippen LogP contribution is -2.46. The Hall–Kier alpha value is -1.89. The van der Waals surface area contributed by atoms with E-state index in [-0.39, 0.29) is 11.7 Å². The Balaban J connectivity index is 1.67. The van der Waals surface area contributed by atoms with Gasteiger partial charge in [0.2, 0.25) is 0 Å². The van der Waals surface area contributed by atoms with Crippen LogP contribution in [-0.2, 0) is 0 Å². The lowest BCUT2D eigenvalue weighted by molar-refractivity contribution is -0.389. The van der Waals surface area contributed by atoms with E-state index in [1.165, 1.54) is 25.0 Å². The predicted octanol–water partition coefficient (Wildman–Crippen LogP) is 1.53. The van der Waals surface area contributed by atoms with E-state index in [4.69, 9.17) is 0 Å². The topological polar surface area (TPSA) is 91.3 Å². The van der Waals surface area contributed by atoms with Crippen LogP contribution in [0.2, 0.25) is 0 Å². The van der Waals surface area contributed by atoms with Crippen molar-refractivity contribution in [2.24, 2.45) is 5.92 Å². The Morgan fingerprint density at radius 1 is 1.33 bits per heavy atom. The number of aromatic nitrogens is 1. The van der Waals surface area contributed by atoms with Gasteiger partial charge in [-0.15, -0.1) is 0 Å². The first kappa shape index (κ1) is 14.1. The number of carbonyl (C=O) groups is 1. The van der Waals surface area contributed by atoms with Crippen LogP contribution in [-0.4, -0.2) is 46.4 Å². The number of nitro groups is 1. The van der Waals surface area contributed by atoms with Crippen LogP contribution in [0.5, 0.6) is 0 Å². The molecule has 3 heterocycles. The number of carbonyl (C=O) groups excluding carboxylic acids is 1. The number of rotatable bonds is 3. The maximum atomic E-state index is 12.4. The zero-order valence-corrected chi connectivity index (χ0v) is 11.9. The molecule has 3 rings (SSSR count). The molecule has 1 amide bonds. The average molecular weight is 292 g/mol. The number of hydrogen-bond acceptors (Lipinski definition) is 4. The monoisotopic (exact) mass is 292 g/mol. The molecule has 2 unspecified atom stereocenters. The van der Waals surface area contributed by atoms with Gasteiger partial charge in [-0.1, -0.05) is 0 Å². The van der Waals surface area contributed by atoms with Gasteiger partial charge >= 0.3 is 5.82 Å². The first-order valence-corrected chi connectivity index (χ1v) is 7.51. The maximum Gasteiger partial charge on any atom is 0.321 e. The molecule has 2 atom stereocenters. The van der Waals surface area contributed by atoms with Crippen molar-refractivity contribution < 1.29 is 9.72 Å². The van der Waals surface area contributed by atoms with Gasteiger partial charge in [0.25, 0.3) is 5.91 Å². The first-order chi connectivity index (χ1) is 10.1. The van der Waals surface area contributed by atoms with Gasteiger partial charge in [0.1, 0.15) is 0 Å². The van der Waals surface area contributed by atoms with Crippen molar-refractivity contribution in [2.75, 3.05) is 19.6 Å². The maximum absolute atomic E-state index is 12.4. The summed E-state index contributed by atoms with van der Waals surface area (Å²) in [6.07, 6.45) is 4.53. The molecule has 0 saturated carbocycles. The minimum Gasteiger partial charge on any atom is -0.358 e. The lowest BCUT2D eigenvalue weighted by Gasteiger charge is -2.35. The summed E-state index contributed by atoms with van der Waals surface area (Å²) in [4.78, 5) is 27.0. The molecule has 2 aliphatic heterocycles. The summed E-state index contributed by atoms with van der Waals surface area (Å²) in [5.74, 6) is 0.227. The van der Waals surface area contributed by atoms with Crippen LogP contribution in [0.15, 0.2) is 12.1 Å². The zero-order valence-electron chi connectivity index (χ0n) is 11.9. The Morgan fingerprint density at radius 2 is 2.19 bits per heavy atom. The van der Waals surface area contributed by atoms with Crippen LogP contribution in [0.3, 0.4) is 0 Å². The first-order valence-electron chi connectivity index (χ1n) is 7.51. The summed E-state index contributed by atoms with van der Waals surface area (Å²) in [6.45, 7) is 2.54. The van der Waals surface area contributed by atoms with Crippen molar-refractivity contribution in [1.82, 2.24) is 15.2 Å². The normalized spacial score (nSPS) is 26.0. The smallest absolute Gasteiger partial charge is 0.321 e. The second kappa shape index (κ2) is 5.85. The molecule has 1 aromatic heterocycles. The molecule has 21 heavy (non-hydrogen) atoms. The molecule has 1 aromatic rings. The number of aromatic amines is 1. The third-order valence-corrected chi connectivity index (χ3v) is 4.51. The molecule has 2 fully saturated rings. The third-order valence-electron chi connectivity index (χ3n) is 4.51. The lowest BCUT2D eigenvalue weighted by atomic mass is 9.89. The van der Waals surface area contributed by atoms with E-state index in [2.05, 4.69) is 10.3 Å². The van der Waals surface area contributed by atoms with Crippen LogP contribution in [0.4, 0.5) is 5.82 Å². The molecular weight excluding hydrogens is 272 g/mol. The van der Waals surface area contributed by atoms with Crippen molar-refractivity contribution in [3.05, 3.63) is 27.9 Å². The summed E-state index contributed by atoms with van der Waals surface area (Å²) in [5.41, 5.74) is 0.307. The Labute approximate surface area is 122 Å². The highest BCUT2D eigenvalue weighted by Crippen LogP contribution is 2.25. The molecule has 0 aromatic carbocycles. The van der Waals surface area contributed by atoms with Crippen molar-refractivity contribution in [1.29, 1.82) is 0 Å². The summed E-state index contributed by atoms with van der Waals surface area (Å²) in [7, 11) is 0. The molecule has 114 valence electrons. The van der Waals surface area contributed by atoms with Crippen LogP contribution in [0.25, 0.3) is 0 Å². The highest BCUT2D eigenvalue weighted by molar-refractivity contribution is 5.93. The molecule has 2 N–H and O–H groups in total. The average Bonchev–Trinajstić information content (AvgIpc) is 3.18. The number of amides is 1. The number of piperidine rings is 1. The molecule has 7 heteroatoms. The van der Waals surface area contributed by atoms with Crippen molar-refractivity contribution in [2.45, 2.75) is 31.7 Å². The Bertz CT molecular complexity index is 536. The molecule has 0 aliphatic carbocycles. The van der Waals surface area contributed by atoms with Crippen molar-refractivity contribution in [3.8, 4) is 0 Å². The molecule has 0 bridgehead atoms. The van der Waals surface area contributed by atoms with Crippen LogP contribution in [0, 0.1) is 16.0 Å². The van der Waals surface area contributed by atoms with E-state index >= 15 is 0 Å². The van der Waals surface area contributed by atoms with Gasteiger partial charge in [-0.05, 0) is 49.1 Å². The van der Waals surface area contributed by atoms with E-state index < -0.39 is 4.92 Å². The summed E-state index contributed by atoms with van der Waals surface area (Å²) in [6, 6.07) is 3.35.